The number of carbonyl (C=O) groups excluding carboxylic acids is 1. The number of methoxy groups -OCH3 is 1. The van der Waals surface area contributed by atoms with Crippen LogP contribution in [0.4, 0.5) is 0 Å². The van der Waals surface area contributed by atoms with E-state index in [9.17, 15) is 9.90 Å². The number of phenolic OH excluding ortho intramolecular Hbond substituents is 1. The van der Waals surface area contributed by atoms with Crippen LogP contribution in [-0.2, 0) is 11.2 Å². The van der Waals surface area contributed by atoms with Crippen LogP contribution in [0.5, 0.6) is 5.75 Å². The third-order valence-electron chi connectivity index (χ3n) is 3.11. The number of fused-ring (bicyclic) bond motifs is 1. The van der Waals surface area contributed by atoms with E-state index in [1.54, 1.807) is 35.0 Å². The highest BCUT2D eigenvalue weighted by atomic mass is 16.5. The van der Waals surface area contributed by atoms with Gasteiger partial charge in [-0.3, -0.25) is 0 Å². The van der Waals surface area contributed by atoms with E-state index in [2.05, 4.69) is 10.1 Å². The summed E-state index contributed by atoms with van der Waals surface area (Å²) in [5, 5.41) is 13.6. The monoisotopic (exact) mass is 283 g/mol. The molecular formula is C15H13N3O3. The average molecular weight is 283 g/mol. The number of hydrogen-bond acceptors (Lipinski definition) is 5. The molecule has 1 aromatic carbocycles. The molecule has 0 atom stereocenters. The van der Waals surface area contributed by atoms with Gasteiger partial charge in [0.05, 0.1) is 7.11 Å². The predicted molar refractivity (Wildman–Crippen MR) is 75.2 cm³/mol. The van der Waals surface area contributed by atoms with Crippen LogP contribution in [0.3, 0.4) is 0 Å². The Bertz CT molecular complexity index is 794. The van der Waals surface area contributed by atoms with Gasteiger partial charge in [-0.1, -0.05) is 12.1 Å². The Morgan fingerprint density at radius 2 is 2.05 bits per heavy atom. The van der Waals surface area contributed by atoms with Crippen molar-refractivity contribution in [2.75, 3.05) is 7.11 Å². The summed E-state index contributed by atoms with van der Waals surface area (Å²) in [6.45, 7) is 0. The lowest BCUT2D eigenvalue weighted by Gasteiger charge is -1.99. The van der Waals surface area contributed by atoms with Crippen molar-refractivity contribution in [1.29, 1.82) is 0 Å². The van der Waals surface area contributed by atoms with Crippen molar-refractivity contribution >= 4 is 11.6 Å². The Morgan fingerprint density at radius 1 is 1.29 bits per heavy atom. The Morgan fingerprint density at radius 3 is 2.76 bits per heavy atom. The first-order valence-corrected chi connectivity index (χ1v) is 6.38. The summed E-state index contributed by atoms with van der Waals surface area (Å²) in [5.41, 5.74) is 1.82. The normalized spacial score (nSPS) is 10.7. The lowest BCUT2D eigenvalue weighted by Crippen LogP contribution is -2.04. The fourth-order valence-electron chi connectivity index (χ4n) is 2.09. The van der Waals surface area contributed by atoms with Crippen molar-refractivity contribution in [3.63, 3.8) is 0 Å². The van der Waals surface area contributed by atoms with Gasteiger partial charge in [0.15, 0.2) is 11.5 Å². The Hall–Kier alpha value is -2.89. The maximum atomic E-state index is 11.7. The van der Waals surface area contributed by atoms with E-state index >= 15 is 0 Å². The topological polar surface area (TPSA) is 76.7 Å². The van der Waals surface area contributed by atoms with E-state index in [1.807, 2.05) is 12.1 Å². The molecule has 0 spiro atoms. The lowest BCUT2D eigenvalue weighted by molar-refractivity contribution is 0.0602. The van der Waals surface area contributed by atoms with Crippen LogP contribution in [0, 0.1) is 0 Å². The molecule has 1 N–H and O–H groups in total. The third-order valence-corrected chi connectivity index (χ3v) is 3.11. The number of carbonyl (C=O) groups is 1. The van der Waals surface area contributed by atoms with Crippen molar-refractivity contribution in [2.24, 2.45) is 0 Å². The van der Waals surface area contributed by atoms with Gasteiger partial charge in [0, 0.05) is 12.6 Å². The Balaban J connectivity index is 1.97. The molecule has 0 fully saturated rings. The molecule has 6 heteroatoms. The molecule has 0 aliphatic heterocycles. The van der Waals surface area contributed by atoms with E-state index in [0.29, 0.717) is 23.5 Å². The summed E-state index contributed by atoms with van der Waals surface area (Å²) in [7, 11) is 1.33. The van der Waals surface area contributed by atoms with Crippen LogP contribution in [0.1, 0.15) is 21.7 Å². The van der Waals surface area contributed by atoms with Crippen LogP contribution in [0.15, 0.2) is 42.6 Å². The van der Waals surface area contributed by atoms with Crippen molar-refractivity contribution in [1.82, 2.24) is 14.6 Å². The summed E-state index contributed by atoms with van der Waals surface area (Å²) in [6.07, 6.45) is 2.25. The minimum Gasteiger partial charge on any atom is -0.508 e. The number of esters is 1. The number of aromatic hydroxyl groups is 1. The lowest BCUT2D eigenvalue weighted by atomic mass is 10.1. The van der Waals surface area contributed by atoms with Crippen LogP contribution < -0.4 is 0 Å². The number of aromatic nitrogens is 3. The molecular weight excluding hydrogens is 270 g/mol. The van der Waals surface area contributed by atoms with E-state index in [0.717, 1.165) is 5.56 Å². The van der Waals surface area contributed by atoms with Gasteiger partial charge in [-0.2, -0.15) is 5.10 Å². The second kappa shape index (κ2) is 5.24. The maximum absolute atomic E-state index is 11.7. The zero-order valence-corrected chi connectivity index (χ0v) is 11.4. The smallest absolute Gasteiger partial charge is 0.341 e. The Kier molecular flexibility index (Phi) is 3.27. The highest BCUT2D eigenvalue weighted by Gasteiger charge is 2.14. The predicted octanol–water partition coefficient (Wildman–Crippen LogP) is 1.81. The van der Waals surface area contributed by atoms with Gasteiger partial charge in [-0.15, -0.1) is 0 Å². The summed E-state index contributed by atoms with van der Waals surface area (Å²) >= 11 is 0. The summed E-state index contributed by atoms with van der Waals surface area (Å²) in [4.78, 5) is 16.1. The molecule has 2 aromatic heterocycles. The standard InChI is InChI=1S/C15H13N3O3/c1-21-15(20)12-3-2-8-18-14(12)16-13(17-18)9-10-4-6-11(19)7-5-10/h2-8,19H,9H2,1H3. The molecule has 3 aromatic rings. The molecule has 0 aliphatic rings. The van der Waals surface area contributed by atoms with Crippen LogP contribution >= 0.6 is 0 Å². The largest absolute Gasteiger partial charge is 0.508 e. The minimum absolute atomic E-state index is 0.217. The molecule has 2 heterocycles. The number of hydrogen-bond donors (Lipinski definition) is 1. The van der Waals surface area contributed by atoms with Crippen LogP contribution in [-0.4, -0.2) is 32.8 Å². The highest BCUT2D eigenvalue weighted by Crippen LogP contribution is 2.14. The molecule has 3 rings (SSSR count). The fourth-order valence-corrected chi connectivity index (χ4v) is 2.09. The van der Waals surface area contributed by atoms with E-state index in [-0.39, 0.29) is 5.75 Å². The summed E-state index contributed by atoms with van der Waals surface area (Å²) in [5.74, 6) is 0.371. The summed E-state index contributed by atoms with van der Waals surface area (Å²) < 4.78 is 6.29. The highest BCUT2D eigenvalue weighted by molar-refractivity contribution is 5.95. The fraction of sp³-hybridized carbons (Fsp3) is 0.133. The maximum Gasteiger partial charge on any atom is 0.341 e. The van der Waals surface area contributed by atoms with Gasteiger partial charge in [0.25, 0.3) is 0 Å². The molecule has 0 saturated heterocycles. The van der Waals surface area contributed by atoms with Gasteiger partial charge in [0.2, 0.25) is 0 Å². The molecule has 106 valence electrons. The number of pyridine rings is 1. The Labute approximate surface area is 120 Å². The van der Waals surface area contributed by atoms with Crippen molar-refractivity contribution in [2.45, 2.75) is 6.42 Å². The second-order valence-electron chi connectivity index (χ2n) is 4.55. The van der Waals surface area contributed by atoms with Gasteiger partial charge in [0.1, 0.15) is 11.3 Å². The molecule has 0 amide bonds. The zero-order chi connectivity index (χ0) is 14.8. The number of nitrogens with zero attached hydrogens (tertiary/aromatic N) is 3. The molecule has 21 heavy (non-hydrogen) atoms. The van der Waals surface area contributed by atoms with Crippen molar-refractivity contribution < 1.29 is 14.6 Å². The first-order chi connectivity index (χ1) is 10.2. The zero-order valence-electron chi connectivity index (χ0n) is 11.4. The number of benzene rings is 1. The van der Waals surface area contributed by atoms with Gasteiger partial charge >= 0.3 is 5.97 Å². The average Bonchev–Trinajstić information content (AvgIpc) is 2.91. The SMILES string of the molecule is COC(=O)c1cccn2nc(Cc3ccc(O)cc3)nc12. The van der Waals surface area contributed by atoms with E-state index in [1.165, 1.54) is 7.11 Å². The number of ether oxygens (including phenoxy) is 1. The van der Waals surface area contributed by atoms with Crippen molar-refractivity contribution in [3.8, 4) is 5.75 Å². The quantitative estimate of drug-likeness (QED) is 0.742. The number of rotatable bonds is 3. The minimum atomic E-state index is -0.441. The molecule has 0 saturated carbocycles. The molecule has 0 unspecified atom stereocenters. The molecule has 0 radical (unpaired) electrons. The van der Waals surface area contributed by atoms with E-state index < -0.39 is 5.97 Å². The first kappa shape index (κ1) is 13.1. The van der Waals surface area contributed by atoms with Crippen molar-refractivity contribution in [3.05, 3.63) is 59.5 Å². The third kappa shape index (κ3) is 2.55. The van der Waals surface area contributed by atoms with Crippen LogP contribution in [0.2, 0.25) is 0 Å². The molecule has 6 nitrogen and oxygen atoms in total. The van der Waals surface area contributed by atoms with Gasteiger partial charge < -0.3 is 9.84 Å². The molecule has 0 bridgehead atoms. The second-order valence-corrected chi connectivity index (χ2v) is 4.55. The summed E-state index contributed by atoms with van der Waals surface area (Å²) in [6, 6.07) is 10.2. The van der Waals surface area contributed by atoms with Crippen LogP contribution in [0.25, 0.3) is 5.65 Å². The first-order valence-electron chi connectivity index (χ1n) is 6.38. The van der Waals surface area contributed by atoms with Gasteiger partial charge in [-0.05, 0) is 29.8 Å². The number of phenols is 1. The van der Waals surface area contributed by atoms with E-state index in [4.69, 9.17) is 4.74 Å². The molecule has 0 aliphatic carbocycles. The van der Waals surface area contributed by atoms with Gasteiger partial charge in [-0.25, -0.2) is 14.3 Å².